The Bertz CT molecular complexity index is 1150. The van der Waals surface area contributed by atoms with Crippen LogP contribution in [0, 0.1) is 25.2 Å². The van der Waals surface area contributed by atoms with Crippen LogP contribution in [-0.4, -0.2) is 31.5 Å². The van der Waals surface area contributed by atoms with Gasteiger partial charge in [-0.3, -0.25) is 10.2 Å². The summed E-state index contributed by atoms with van der Waals surface area (Å²) in [6.45, 7) is 4.08. The van der Waals surface area contributed by atoms with Gasteiger partial charge in [-0.1, -0.05) is 37.5 Å². The second-order valence-electron chi connectivity index (χ2n) is 8.29. The number of nitrogens with one attached hydrogen (secondary N) is 1. The van der Waals surface area contributed by atoms with Gasteiger partial charge >= 0.3 is 0 Å². The van der Waals surface area contributed by atoms with Gasteiger partial charge in [-0.25, -0.2) is 0 Å². The lowest BCUT2D eigenvalue weighted by Gasteiger charge is -2.20. The van der Waals surface area contributed by atoms with E-state index in [0.717, 1.165) is 40.5 Å². The molecular weight excluding hydrogens is 406 g/mol. The fourth-order valence-electron chi connectivity index (χ4n) is 4.59. The van der Waals surface area contributed by atoms with Gasteiger partial charge in [-0.15, -0.1) is 0 Å². The Kier molecular flexibility index (Phi) is 5.14. The number of para-hydroxylation sites is 1. The van der Waals surface area contributed by atoms with Crippen molar-refractivity contribution in [1.82, 2.24) is 9.58 Å². The third-order valence-electron chi connectivity index (χ3n) is 6.21. The number of carbonyl (C=O) groups excluding carboxylic acids is 1. The summed E-state index contributed by atoms with van der Waals surface area (Å²) < 4.78 is 2.16. The summed E-state index contributed by atoms with van der Waals surface area (Å²) in [5, 5.41) is 16.4. The molecule has 1 aromatic carbocycles. The number of aliphatic imine (C=N–C) groups is 1. The maximum Gasteiger partial charge on any atom is 0.283 e. The summed E-state index contributed by atoms with van der Waals surface area (Å²) in [4.78, 5) is 17.1. The molecule has 3 heterocycles. The van der Waals surface area contributed by atoms with Crippen LogP contribution < -0.4 is 0 Å². The van der Waals surface area contributed by atoms with E-state index in [-0.39, 0.29) is 17.3 Å². The maximum absolute atomic E-state index is 12.8. The molecule has 1 amide bonds. The first-order valence-electron chi connectivity index (χ1n) is 10.8. The summed E-state index contributed by atoms with van der Waals surface area (Å²) in [6.07, 6.45) is 7.75. The van der Waals surface area contributed by atoms with Crippen LogP contribution in [-0.2, 0) is 4.79 Å². The predicted octanol–water partition coefficient (Wildman–Crippen LogP) is 5.29. The van der Waals surface area contributed by atoms with E-state index in [1.54, 1.807) is 6.08 Å². The van der Waals surface area contributed by atoms with Gasteiger partial charge in [0.2, 0.25) is 5.17 Å². The lowest BCUT2D eigenvalue weighted by molar-refractivity contribution is -0.114. The van der Waals surface area contributed by atoms with Crippen molar-refractivity contribution in [3.05, 3.63) is 58.9 Å². The first kappa shape index (κ1) is 20.0. The van der Waals surface area contributed by atoms with E-state index >= 15 is 0 Å². The third-order valence-corrected chi connectivity index (χ3v) is 7.28. The van der Waals surface area contributed by atoms with E-state index in [4.69, 9.17) is 10.5 Å². The summed E-state index contributed by atoms with van der Waals surface area (Å²) in [5.74, 6) is 0.165. The molecule has 1 saturated carbocycles. The van der Waals surface area contributed by atoms with Crippen molar-refractivity contribution in [2.45, 2.75) is 46.0 Å². The maximum atomic E-state index is 12.8. The first-order chi connectivity index (χ1) is 15.0. The van der Waals surface area contributed by atoms with Gasteiger partial charge in [-0.2, -0.15) is 15.1 Å². The Hall–Kier alpha value is -2.93. The van der Waals surface area contributed by atoms with E-state index in [1.807, 2.05) is 38.1 Å². The Morgan fingerprint density at radius 2 is 1.87 bits per heavy atom. The van der Waals surface area contributed by atoms with Crippen molar-refractivity contribution in [3.63, 3.8) is 0 Å². The van der Waals surface area contributed by atoms with E-state index in [0.29, 0.717) is 11.1 Å². The summed E-state index contributed by atoms with van der Waals surface area (Å²) >= 11 is 1.46. The molecule has 5 rings (SSSR count). The molecule has 3 aliphatic rings. The van der Waals surface area contributed by atoms with Crippen LogP contribution >= 0.6 is 11.8 Å². The molecule has 7 heteroatoms. The Labute approximate surface area is 186 Å². The van der Waals surface area contributed by atoms with Gasteiger partial charge in [0.1, 0.15) is 5.04 Å². The number of rotatable bonds is 3. The number of amidine groups is 2. The first-order valence-corrected chi connectivity index (χ1v) is 11.6. The van der Waals surface area contributed by atoms with E-state index in [2.05, 4.69) is 21.7 Å². The molecule has 31 heavy (non-hydrogen) atoms. The number of aryl methyl sites for hydroxylation is 1. The van der Waals surface area contributed by atoms with Crippen LogP contribution in [0.4, 0.5) is 0 Å². The normalized spacial score (nSPS) is 20.8. The van der Waals surface area contributed by atoms with Gasteiger partial charge < -0.3 is 4.57 Å². The van der Waals surface area contributed by atoms with Gasteiger partial charge in [0, 0.05) is 23.0 Å². The number of aromatic nitrogens is 1. The molecule has 0 unspecified atom stereocenters. The average molecular weight is 432 g/mol. The number of hydrazone groups is 1. The number of benzene rings is 1. The van der Waals surface area contributed by atoms with Crippen LogP contribution in [0.5, 0.6) is 0 Å². The SMILES string of the molecule is Cc1cc(C=C2C(=N)N3N=C(C4CCCCC4)SC3=NC2=O)c(C)n1-c1ccccc1. The smallest absolute Gasteiger partial charge is 0.283 e. The van der Waals surface area contributed by atoms with Crippen molar-refractivity contribution >= 4 is 39.8 Å². The molecule has 0 atom stereocenters. The Balaban J connectivity index is 1.48. The fourth-order valence-corrected chi connectivity index (χ4v) is 5.64. The number of amides is 1. The van der Waals surface area contributed by atoms with Crippen LogP contribution in [0.15, 0.2) is 52.1 Å². The van der Waals surface area contributed by atoms with E-state index in [9.17, 15) is 4.79 Å². The molecule has 158 valence electrons. The minimum absolute atomic E-state index is 0.109. The summed E-state index contributed by atoms with van der Waals surface area (Å²) in [5.41, 5.74) is 4.37. The van der Waals surface area contributed by atoms with Gasteiger partial charge in [-0.05, 0) is 68.3 Å². The molecule has 1 N–H and O–H groups in total. The zero-order valence-electron chi connectivity index (χ0n) is 17.8. The number of nitrogens with zero attached hydrogens (tertiary/aromatic N) is 4. The minimum Gasteiger partial charge on any atom is -0.318 e. The van der Waals surface area contributed by atoms with Crippen LogP contribution in [0.25, 0.3) is 11.8 Å². The monoisotopic (exact) mass is 431 g/mol. The lowest BCUT2D eigenvalue weighted by atomic mass is 9.90. The minimum atomic E-state index is -0.367. The molecule has 2 aromatic rings. The summed E-state index contributed by atoms with van der Waals surface area (Å²) in [7, 11) is 0. The molecule has 1 aromatic heterocycles. The number of hydrogen-bond donors (Lipinski definition) is 1. The van der Waals surface area contributed by atoms with Gasteiger partial charge in [0.05, 0.1) is 5.57 Å². The number of hydrogen-bond acceptors (Lipinski definition) is 4. The third kappa shape index (κ3) is 3.57. The molecule has 6 nitrogen and oxygen atoms in total. The molecular formula is C24H25N5OS. The fraction of sp³-hybridized carbons (Fsp3) is 0.333. The van der Waals surface area contributed by atoms with Crippen molar-refractivity contribution in [2.75, 3.05) is 0 Å². The molecule has 1 aliphatic carbocycles. The zero-order chi connectivity index (χ0) is 21.5. The largest absolute Gasteiger partial charge is 0.318 e. The van der Waals surface area contributed by atoms with Crippen LogP contribution in [0.3, 0.4) is 0 Å². The molecule has 1 fully saturated rings. The van der Waals surface area contributed by atoms with Crippen molar-refractivity contribution in [3.8, 4) is 5.69 Å². The molecule has 0 bridgehead atoms. The van der Waals surface area contributed by atoms with Crippen molar-refractivity contribution in [1.29, 1.82) is 5.41 Å². The van der Waals surface area contributed by atoms with E-state index < -0.39 is 0 Å². The lowest BCUT2D eigenvalue weighted by Crippen LogP contribution is -2.35. The second kappa shape index (κ2) is 7.96. The highest BCUT2D eigenvalue weighted by Crippen LogP contribution is 2.36. The molecule has 0 radical (unpaired) electrons. The van der Waals surface area contributed by atoms with Gasteiger partial charge in [0.25, 0.3) is 5.91 Å². The zero-order valence-corrected chi connectivity index (χ0v) is 18.6. The molecule has 0 saturated heterocycles. The van der Waals surface area contributed by atoms with Crippen LogP contribution in [0.1, 0.15) is 49.1 Å². The quantitative estimate of drug-likeness (QED) is 0.671. The van der Waals surface area contributed by atoms with Crippen LogP contribution in [0.2, 0.25) is 0 Å². The number of thioether (sulfide) groups is 1. The predicted molar refractivity (Wildman–Crippen MR) is 127 cm³/mol. The van der Waals surface area contributed by atoms with E-state index in [1.165, 1.54) is 36.0 Å². The Morgan fingerprint density at radius 1 is 1.13 bits per heavy atom. The Morgan fingerprint density at radius 3 is 2.61 bits per heavy atom. The van der Waals surface area contributed by atoms with Crippen molar-refractivity contribution < 1.29 is 4.79 Å². The topological polar surface area (TPSA) is 73.8 Å². The number of carbonyl (C=O) groups is 1. The standard InChI is InChI=1S/C24H25N5OS/c1-15-13-18(16(2)28(15)19-11-7-4-8-12-19)14-20-21(25)29-24(26-22(20)30)31-23(27-29)17-9-5-3-6-10-17/h4,7-8,11-14,17,25H,3,5-6,9-10H2,1-2H3. The highest BCUT2D eigenvalue weighted by Gasteiger charge is 2.38. The highest BCUT2D eigenvalue weighted by molar-refractivity contribution is 8.27. The number of fused-ring (bicyclic) bond motifs is 1. The molecule has 2 aliphatic heterocycles. The van der Waals surface area contributed by atoms with Gasteiger partial charge in [0.15, 0.2) is 5.84 Å². The summed E-state index contributed by atoms with van der Waals surface area (Å²) in [6, 6.07) is 12.2. The second-order valence-corrected chi connectivity index (χ2v) is 9.28. The molecule has 0 spiro atoms. The van der Waals surface area contributed by atoms with Crippen molar-refractivity contribution in [2.24, 2.45) is 16.0 Å². The average Bonchev–Trinajstić information content (AvgIpc) is 3.33. The highest BCUT2D eigenvalue weighted by atomic mass is 32.2.